The molecule has 1 atom stereocenters. The van der Waals surface area contributed by atoms with Crippen molar-refractivity contribution in [3.05, 3.63) is 35.6 Å². The molecule has 0 fully saturated rings. The Bertz CT molecular complexity index is 523. The van der Waals surface area contributed by atoms with Crippen LogP contribution in [0.15, 0.2) is 24.3 Å². The molecule has 0 N–H and O–H groups in total. The fraction of sp³-hybridized carbons (Fsp3) is 0.417. The topological polar surface area (TPSA) is 54.5 Å². The highest BCUT2D eigenvalue weighted by Gasteiger charge is 2.29. The predicted octanol–water partition coefficient (Wildman–Crippen LogP) is 1.22. The minimum absolute atomic E-state index is 0.270. The van der Waals surface area contributed by atoms with Gasteiger partial charge in [0.15, 0.2) is 9.84 Å². The number of carbonyl (C=O) groups is 1. The molecule has 0 spiro atoms. The molecule has 100 valence electrons. The summed E-state index contributed by atoms with van der Waals surface area (Å²) in [7, 11) is -0.572. The number of sulfone groups is 1. The van der Waals surface area contributed by atoms with Crippen LogP contribution < -0.4 is 0 Å². The number of nitrogens with zero attached hydrogens (tertiary/aromatic N) is 1. The zero-order valence-electron chi connectivity index (χ0n) is 10.6. The third-order valence-electron chi connectivity index (χ3n) is 2.61. The van der Waals surface area contributed by atoms with Crippen molar-refractivity contribution in [3.8, 4) is 0 Å². The van der Waals surface area contributed by atoms with Gasteiger partial charge in [-0.05, 0) is 24.6 Å². The van der Waals surface area contributed by atoms with E-state index in [9.17, 15) is 17.6 Å². The summed E-state index contributed by atoms with van der Waals surface area (Å²) in [5.41, 5.74) is 0.467. The third kappa shape index (κ3) is 3.53. The van der Waals surface area contributed by atoms with Gasteiger partial charge in [-0.3, -0.25) is 4.79 Å². The summed E-state index contributed by atoms with van der Waals surface area (Å²) in [4.78, 5) is 12.9. The number of rotatable bonds is 4. The molecule has 0 radical (unpaired) electrons. The first-order chi connectivity index (χ1) is 8.24. The van der Waals surface area contributed by atoms with Crippen LogP contribution in [0.25, 0.3) is 0 Å². The second kappa shape index (κ2) is 5.48. The van der Waals surface area contributed by atoms with Crippen molar-refractivity contribution in [2.45, 2.75) is 17.9 Å². The lowest BCUT2D eigenvalue weighted by Gasteiger charge is -2.17. The van der Waals surface area contributed by atoms with Crippen molar-refractivity contribution < 1.29 is 17.6 Å². The van der Waals surface area contributed by atoms with Crippen molar-refractivity contribution in [3.63, 3.8) is 0 Å². The van der Waals surface area contributed by atoms with E-state index in [1.165, 1.54) is 50.2 Å². The van der Waals surface area contributed by atoms with Gasteiger partial charge in [0.1, 0.15) is 11.1 Å². The lowest BCUT2D eigenvalue weighted by Crippen LogP contribution is -2.37. The Balaban J connectivity index is 2.88. The molecule has 0 aliphatic rings. The van der Waals surface area contributed by atoms with Crippen molar-refractivity contribution >= 4 is 15.7 Å². The Hall–Kier alpha value is -1.43. The van der Waals surface area contributed by atoms with Gasteiger partial charge in [-0.15, -0.1) is 0 Å². The van der Waals surface area contributed by atoms with E-state index in [0.29, 0.717) is 5.56 Å². The quantitative estimate of drug-likeness (QED) is 0.828. The van der Waals surface area contributed by atoms with Crippen LogP contribution in [0.1, 0.15) is 12.5 Å². The number of hydrogen-bond acceptors (Lipinski definition) is 3. The van der Waals surface area contributed by atoms with Crippen molar-refractivity contribution in [1.29, 1.82) is 0 Å². The van der Waals surface area contributed by atoms with E-state index in [0.717, 1.165) is 0 Å². The fourth-order valence-electron chi connectivity index (χ4n) is 1.46. The summed E-state index contributed by atoms with van der Waals surface area (Å²) in [6, 6.07) is 5.20. The van der Waals surface area contributed by atoms with Crippen molar-refractivity contribution in [1.82, 2.24) is 4.90 Å². The Morgan fingerprint density at radius 1 is 1.28 bits per heavy atom. The van der Waals surface area contributed by atoms with Gasteiger partial charge in [-0.25, -0.2) is 12.8 Å². The molecule has 6 heteroatoms. The summed E-state index contributed by atoms with van der Waals surface area (Å²) >= 11 is 0. The zero-order valence-corrected chi connectivity index (χ0v) is 11.4. The Morgan fingerprint density at radius 2 is 1.78 bits per heavy atom. The van der Waals surface area contributed by atoms with E-state index in [1.807, 2.05) is 0 Å². The smallest absolute Gasteiger partial charge is 0.240 e. The van der Waals surface area contributed by atoms with Gasteiger partial charge < -0.3 is 4.90 Å². The first kappa shape index (κ1) is 14.6. The van der Waals surface area contributed by atoms with E-state index in [1.54, 1.807) is 0 Å². The molecule has 1 amide bonds. The molecule has 1 unspecified atom stereocenters. The van der Waals surface area contributed by atoms with Crippen LogP contribution in [0.4, 0.5) is 4.39 Å². The van der Waals surface area contributed by atoms with Gasteiger partial charge in [0, 0.05) is 14.1 Å². The highest BCUT2D eigenvalue weighted by Crippen LogP contribution is 2.13. The molecule has 0 saturated carbocycles. The molecule has 0 aromatic heterocycles. The standard InChI is InChI=1S/C12H16FNO3S/c1-9(12(15)14(2)3)18(16,17)8-10-4-6-11(13)7-5-10/h4-7,9H,8H2,1-3H3. The lowest BCUT2D eigenvalue weighted by molar-refractivity contribution is -0.127. The van der Waals surface area contributed by atoms with Gasteiger partial charge in [-0.2, -0.15) is 0 Å². The molecular weight excluding hydrogens is 257 g/mol. The van der Waals surface area contributed by atoms with Gasteiger partial charge in [0.25, 0.3) is 0 Å². The van der Waals surface area contributed by atoms with E-state index < -0.39 is 26.8 Å². The molecule has 0 bridgehead atoms. The van der Waals surface area contributed by atoms with E-state index >= 15 is 0 Å². The Kier molecular flexibility index (Phi) is 4.45. The molecule has 0 heterocycles. The third-order valence-corrected chi connectivity index (χ3v) is 4.62. The molecular formula is C12H16FNO3S. The molecule has 1 rings (SSSR count). The minimum atomic E-state index is -3.58. The molecule has 1 aromatic carbocycles. The summed E-state index contributed by atoms with van der Waals surface area (Å²) < 4.78 is 36.7. The summed E-state index contributed by atoms with van der Waals surface area (Å²) in [5, 5.41) is -1.10. The average Bonchev–Trinajstić information content (AvgIpc) is 2.29. The van der Waals surface area contributed by atoms with Gasteiger partial charge in [0.2, 0.25) is 5.91 Å². The van der Waals surface area contributed by atoms with Crippen LogP contribution in [0, 0.1) is 5.82 Å². The second-order valence-electron chi connectivity index (χ2n) is 4.31. The van der Waals surface area contributed by atoms with Crippen LogP contribution in [-0.2, 0) is 20.4 Å². The van der Waals surface area contributed by atoms with Crippen molar-refractivity contribution in [2.24, 2.45) is 0 Å². The van der Waals surface area contributed by atoms with E-state index in [2.05, 4.69) is 0 Å². The zero-order chi connectivity index (χ0) is 13.9. The van der Waals surface area contributed by atoms with E-state index in [4.69, 9.17) is 0 Å². The number of halogens is 1. The average molecular weight is 273 g/mol. The molecule has 1 aromatic rings. The van der Waals surface area contributed by atoms with Crippen LogP contribution in [0.3, 0.4) is 0 Å². The van der Waals surface area contributed by atoms with Gasteiger partial charge in [0.05, 0.1) is 5.75 Å². The van der Waals surface area contributed by atoms with Gasteiger partial charge in [-0.1, -0.05) is 12.1 Å². The number of benzene rings is 1. The SMILES string of the molecule is CC(C(=O)N(C)C)S(=O)(=O)Cc1ccc(F)cc1. The maximum atomic E-state index is 12.7. The Morgan fingerprint density at radius 3 is 2.22 bits per heavy atom. The highest BCUT2D eigenvalue weighted by atomic mass is 32.2. The van der Waals surface area contributed by atoms with Crippen LogP contribution in [0.2, 0.25) is 0 Å². The van der Waals surface area contributed by atoms with Gasteiger partial charge >= 0.3 is 0 Å². The molecule has 0 aliphatic heterocycles. The van der Waals surface area contributed by atoms with Crippen LogP contribution in [0.5, 0.6) is 0 Å². The van der Waals surface area contributed by atoms with E-state index in [-0.39, 0.29) is 5.75 Å². The number of amides is 1. The normalized spacial score (nSPS) is 13.1. The first-order valence-corrected chi connectivity index (χ1v) is 7.13. The molecule has 0 saturated heterocycles. The van der Waals surface area contributed by atoms with Crippen molar-refractivity contribution in [2.75, 3.05) is 14.1 Å². The lowest BCUT2D eigenvalue weighted by atomic mass is 10.2. The van der Waals surface area contributed by atoms with Crippen LogP contribution >= 0.6 is 0 Å². The Labute approximate surface area is 106 Å². The monoisotopic (exact) mass is 273 g/mol. The molecule has 4 nitrogen and oxygen atoms in total. The predicted molar refractivity (Wildman–Crippen MR) is 67.2 cm³/mol. The summed E-state index contributed by atoms with van der Waals surface area (Å²) in [5.74, 6) is -1.15. The molecule has 0 aliphatic carbocycles. The maximum absolute atomic E-state index is 12.7. The summed E-state index contributed by atoms with van der Waals surface area (Å²) in [6.45, 7) is 1.36. The molecule has 18 heavy (non-hydrogen) atoms. The van der Waals surface area contributed by atoms with Crippen LogP contribution in [-0.4, -0.2) is 38.6 Å². The maximum Gasteiger partial charge on any atom is 0.240 e. The first-order valence-electron chi connectivity index (χ1n) is 5.41. The second-order valence-corrected chi connectivity index (χ2v) is 6.63. The summed E-state index contributed by atoms with van der Waals surface area (Å²) in [6.07, 6.45) is 0. The number of carbonyl (C=O) groups excluding carboxylic acids is 1. The largest absolute Gasteiger partial charge is 0.348 e. The fourth-order valence-corrected chi connectivity index (χ4v) is 2.88. The minimum Gasteiger partial charge on any atom is -0.348 e. The highest BCUT2D eigenvalue weighted by molar-refractivity contribution is 7.92. The number of hydrogen-bond donors (Lipinski definition) is 0.